The van der Waals surface area contributed by atoms with Crippen molar-refractivity contribution >= 4 is 36.2 Å². The fraction of sp³-hybridized carbons (Fsp3) is 0.435. The molecular weight excluding hydrogens is 485 g/mol. The smallest absolute Gasteiger partial charge is 0.342 e. The minimum atomic E-state index is -3.84. The van der Waals surface area contributed by atoms with Gasteiger partial charge in [-0.15, -0.1) is 0 Å². The van der Waals surface area contributed by atoms with Gasteiger partial charge in [-0.1, -0.05) is 12.1 Å². The van der Waals surface area contributed by atoms with Crippen molar-refractivity contribution in [1.82, 2.24) is 24.6 Å². The highest BCUT2D eigenvalue weighted by molar-refractivity contribution is 7.57. The molecule has 36 heavy (non-hydrogen) atoms. The third kappa shape index (κ3) is 6.79. The largest absolute Gasteiger partial charge is 0.462 e. The minimum Gasteiger partial charge on any atom is -0.462 e. The van der Waals surface area contributed by atoms with Crippen LogP contribution in [-0.2, 0) is 25.4 Å². The molecule has 1 aromatic carbocycles. The van der Waals surface area contributed by atoms with Crippen LogP contribution in [0.3, 0.4) is 0 Å². The van der Waals surface area contributed by atoms with E-state index in [0.29, 0.717) is 23.4 Å². The van der Waals surface area contributed by atoms with Gasteiger partial charge in [0.1, 0.15) is 29.5 Å². The monoisotopic (exact) mass is 515 g/mol. The Balaban J connectivity index is 1.79. The third-order valence-electron chi connectivity index (χ3n) is 4.91. The molecular formula is C23H30N7O5P. The molecule has 0 spiro atoms. The van der Waals surface area contributed by atoms with Crippen LogP contribution in [-0.4, -0.2) is 49.6 Å². The van der Waals surface area contributed by atoms with Crippen molar-refractivity contribution in [3.05, 3.63) is 48.3 Å². The molecule has 0 aliphatic carbocycles. The molecule has 3 aromatic rings. The second kappa shape index (κ2) is 11.0. The molecule has 0 amide bonds. The number of fused-ring (bicyclic) bond motifs is 1. The van der Waals surface area contributed by atoms with Gasteiger partial charge in [0.05, 0.1) is 31.7 Å². The van der Waals surface area contributed by atoms with Crippen molar-refractivity contribution in [3.8, 4) is 5.75 Å². The Kier molecular flexibility index (Phi) is 8.30. The van der Waals surface area contributed by atoms with E-state index in [-0.39, 0.29) is 24.0 Å². The first kappa shape index (κ1) is 27.1. The molecule has 2 heterocycles. The van der Waals surface area contributed by atoms with Gasteiger partial charge in [-0.05, 0) is 46.8 Å². The van der Waals surface area contributed by atoms with Crippen LogP contribution in [0, 0.1) is 6.57 Å². The van der Waals surface area contributed by atoms with E-state index in [2.05, 4.69) is 24.9 Å². The molecule has 2 aromatic heterocycles. The molecule has 192 valence electrons. The van der Waals surface area contributed by atoms with Crippen molar-refractivity contribution in [2.45, 2.75) is 58.9 Å². The number of rotatable bonds is 11. The topological polar surface area (TPSA) is 148 Å². The van der Waals surface area contributed by atoms with Crippen molar-refractivity contribution in [3.63, 3.8) is 0 Å². The Hall–Kier alpha value is -3.52. The molecule has 0 saturated heterocycles. The average molecular weight is 516 g/mol. The number of nitrogen functional groups attached to an aromatic ring is 1. The number of hydrogen-bond donors (Lipinski definition) is 2. The summed E-state index contributed by atoms with van der Waals surface area (Å²) < 4.78 is 32.7. The molecule has 0 aliphatic rings. The molecule has 1 unspecified atom stereocenters. The number of nitrogens with zero attached hydrogens (tertiary/aromatic N) is 5. The molecule has 0 fully saturated rings. The molecule has 3 N–H and O–H groups in total. The number of anilines is 1. The fourth-order valence-electron chi connectivity index (χ4n) is 3.28. The number of nitrogens with two attached hydrogens (primary N) is 1. The molecule has 2 atom stereocenters. The lowest BCUT2D eigenvalue weighted by Gasteiger charge is -2.31. The van der Waals surface area contributed by atoms with E-state index < -0.39 is 25.1 Å². The molecule has 0 aliphatic heterocycles. The van der Waals surface area contributed by atoms with E-state index in [9.17, 15) is 9.36 Å². The van der Waals surface area contributed by atoms with Gasteiger partial charge in [-0.3, -0.25) is 9.36 Å². The Morgan fingerprint density at radius 3 is 2.72 bits per heavy atom. The van der Waals surface area contributed by atoms with Crippen LogP contribution >= 0.6 is 7.52 Å². The zero-order chi connectivity index (χ0) is 26.5. The summed E-state index contributed by atoms with van der Waals surface area (Å²) in [6.07, 6.45) is 1.76. The SMILES string of the molecule is [C-]#[N+]c1cccc(OP(=O)(CO[C@H](C)Cn2cnc3c(N)ncnc32)NC(C)(C)C(=O)OC(C)C)c1. The maximum Gasteiger partial charge on any atom is 0.342 e. The predicted octanol–water partition coefficient (Wildman–Crippen LogP) is 3.91. The highest BCUT2D eigenvalue weighted by Gasteiger charge is 2.40. The van der Waals surface area contributed by atoms with Crippen molar-refractivity contribution in [2.24, 2.45) is 0 Å². The summed E-state index contributed by atoms with van der Waals surface area (Å²) in [6.45, 7) is 15.9. The summed E-state index contributed by atoms with van der Waals surface area (Å²) >= 11 is 0. The summed E-state index contributed by atoms with van der Waals surface area (Å²) in [4.78, 5) is 28.4. The van der Waals surface area contributed by atoms with Crippen molar-refractivity contribution < 1.29 is 23.4 Å². The van der Waals surface area contributed by atoms with Crippen LogP contribution in [0.25, 0.3) is 16.0 Å². The predicted molar refractivity (Wildman–Crippen MR) is 135 cm³/mol. The maximum absolute atomic E-state index is 14.0. The summed E-state index contributed by atoms with van der Waals surface area (Å²) in [5, 5.41) is 2.81. The highest BCUT2D eigenvalue weighted by Crippen LogP contribution is 2.46. The summed E-state index contributed by atoms with van der Waals surface area (Å²) in [5.74, 6) is -0.116. The number of nitrogens with one attached hydrogen (secondary N) is 1. The third-order valence-corrected chi connectivity index (χ3v) is 6.81. The molecule has 0 bridgehead atoms. The van der Waals surface area contributed by atoms with Gasteiger partial charge in [0.15, 0.2) is 17.2 Å². The van der Waals surface area contributed by atoms with Gasteiger partial charge < -0.3 is 24.3 Å². The Labute approximate surface area is 209 Å². The lowest BCUT2D eigenvalue weighted by atomic mass is 10.1. The Bertz CT molecular complexity index is 1320. The van der Waals surface area contributed by atoms with Crippen LogP contribution in [0.2, 0.25) is 0 Å². The van der Waals surface area contributed by atoms with E-state index in [1.807, 2.05) is 0 Å². The second-order valence-corrected chi connectivity index (χ2v) is 11.0. The number of aromatic nitrogens is 4. The Morgan fingerprint density at radius 1 is 1.28 bits per heavy atom. The number of carbonyl (C=O) groups is 1. The zero-order valence-electron chi connectivity index (χ0n) is 20.8. The van der Waals surface area contributed by atoms with Crippen LogP contribution in [0.5, 0.6) is 5.75 Å². The van der Waals surface area contributed by atoms with Gasteiger partial charge in [0.2, 0.25) is 0 Å². The lowest BCUT2D eigenvalue weighted by molar-refractivity contribution is -0.153. The summed E-state index contributed by atoms with van der Waals surface area (Å²) in [6, 6.07) is 6.26. The van der Waals surface area contributed by atoms with Gasteiger partial charge in [0, 0.05) is 0 Å². The van der Waals surface area contributed by atoms with Crippen LogP contribution in [0.15, 0.2) is 36.9 Å². The normalized spacial score (nSPS) is 14.2. The van der Waals surface area contributed by atoms with Crippen molar-refractivity contribution in [2.75, 3.05) is 12.1 Å². The zero-order valence-corrected chi connectivity index (χ0v) is 21.7. The molecule has 12 nitrogen and oxygen atoms in total. The van der Waals surface area contributed by atoms with Crippen molar-refractivity contribution in [1.29, 1.82) is 0 Å². The van der Waals surface area contributed by atoms with Gasteiger partial charge in [0.25, 0.3) is 0 Å². The van der Waals surface area contributed by atoms with Crippen LogP contribution < -0.4 is 15.3 Å². The minimum absolute atomic E-state index is 0.205. The summed E-state index contributed by atoms with van der Waals surface area (Å²) in [5.41, 5.74) is 5.84. The number of hydrogen-bond acceptors (Lipinski definition) is 9. The second-order valence-electron chi connectivity index (χ2n) is 9.00. The van der Waals surface area contributed by atoms with Gasteiger partial charge >= 0.3 is 13.5 Å². The standard InChI is InChI=1S/C23H30N7O5P/c1-15(2)34-22(31)23(4,5)29-36(32,35-18-9-7-8-17(10-18)25-6)14-33-16(3)11-30-13-28-19-20(24)26-12-27-21(19)30/h7-10,12-13,15-16H,11,14H2,1-5H3,(H,29,32)(H2,24,26,27)/t16-,36?/m1/s1. The average Bonchev–Trinajstić information content (AvgIpc) is 3.21. The number of carbonyl (C=O) groups excluding carboxylic acids is 1. The van der Waals surface area contributed by atoms with Crippen LogP contribution in [0.1, 0.15) is 34.6 Å². The number of imidazole rings is 1. The quantitative estimate of drug-likeness (QED) is 0.219. The first-order chi connectivity index (χ1) is 16.9. The fourth-order valence-corrected chi connectivity index (χ4v) is 5.29. The molecule has 3 rings (SSSR count). The maximum atomic E-state index is 14.0. The summed E-state index contributed by atoms with van der Waals surface area (Å²) in [7, 11) is -3.84. The first-order valence-corrected chi connectivity index (χ1v) is 13.0. The first-order valence-electron chi connectivity index (χ1n) is 11.2. The molecule has 13 heteroatoms. The van der Waals surface area contributed by atoms with E-state index in [4.69, 9.17) is 26.3 Å². The number of ether oxygens (including phenoxy) is 2. The van der Waals surface area contributed by atoms with Gasteiger partial charge in [-0.25, -0.2) is 24.9 Å². The van der Waals surface area contributed by atoms with E-state index >= 15 is 0 Å². The lowest BCUT2D eigenvalue weighted by Crippen LogP contribution is -2.48. The molecule has 0 radical (unpaired) electrons. The van der Waals surface area contributed by atoms with Crippen LogP contribution in [0.4, 0.5) is 11.5 Å². The highest BCUT2D eigenvalue weighted by atomic mass is 31.2. The van der Waals surface area contributed by atoms with E-state index in [1.165, 1.54) is 12.4 Å². The molecule has 0 saturated carbocycles. The number of benzene rings is 1. The Morgan fingerprint density at radius 2 is 2.03 bits per heavy atom. The van der Waals surface area contributed by atoms with E-state index in [1.54, 1.807) is 63.7 Å². The van der Waals surface area contributed by atoms with Gasteiger partial charge in [-0.2, -0.15) is 0 Å². The van der Waals surface area contributed by atoms with E-state index in [0.717, 1.165) is 0 Å². The number of esters is 1.